The number of anilines is 1. The summed E-state index contributed by atoms with van der Waals surface area (Å²) in [6.45, 7) is 0. The van der Waals surface area contributed by atoms with Gasteiger partial charge in [-0.1, -0.05) is 17.7 Å². The van der Waals surface area contributed by atoms with Crippen LogP contribution >= 0.6 is 22.9 Å². The van der Waals surface area contributed by atoms with Crippen molar-refractivity contribution in [1.29, 1.82) is 0 Å². The molecule has 2 aromatic heterocycles. The van der Waals surface area contributed by atoms with Crippen molar-refractivity contribution in [2.24, 2.45) is 0 Å². The number of halogens is 1. The summed E-state index contributed by atoms with van der Waals surface area (Å²) >= 11 is 7.39. The van der Waals surface area contributed by atoms with E-state index >= 15 is 0 Å². The van der Waals surface area contributed by atoms with Crippen molar-refractivity contribution in [3.05, 3.63) is 40.1 Å². The minimum atomic E-state index is 0.541. The molecule has 72 valence electrons. The van der Waals surface area contributed by atoms with Crippen LogP contribution in [-0.4, -0.2) is 9.97 Å². The van der Waals surface area contributed by atoms with Gasteiger partial charge in [0.1, 0.15) is 5.15 Å². The number of hydrogen-bond acceptors (Lipinski definition) is 4. The van der Waals surface area contributed by atoms with Crippen LogP contribution in [0.2, 0.25) is 5.15 Å². The second-order valence-electron chi connectivity index (χ2n) is 2.79. The number of thiazole rings is 1. The van der Waals surface area contributed by atoms with Crippen LogP contribution in [0.25, 0.3) is 0 Å². The van der Waals surface area contributed by atoms with Crippen molar-refractivity contribution in [2.75, 3.05) is 5.73 Å². The number of pyridine rings is 1. The highest BCUT2D eigenvalue weighted by molar-refractivity contribution is 7.15. The van der Waals surface area contributed by atoms with E-state index in [4.69, 9.17) is 17.3 Å². The average molecular weight is 226 g/mol. The van der Waals surface area contributed by atoms with Crippen LogP contribution in [-0.2, 0) is 6.42 Å². The molecule has 0 spiro atoms. The highest BCUT2D eigenvalue weighted by Gasteiger charge is 2.04. The Kier molecular flexibility index (Phi) is 2.65. The third-order valence-corrected chi connectivity index (χ3v) is 2.94. The lowest BCUT2D eigenvalue weighted by Gasteiger charge is -1.99. The number of nitrogen functional groups attached to an aromatic ring is 1. The summed E-state index contributed by atoms with van der Waals surface area (Å²) < 4.78 is 0. The van der Waals surface area contributed by atoms with Crippen molar-refractivity contribution >= 4 is 28.1 Å². The van der Waals surface area contributed by atoms with E-state index in [-0.39, 0.29) is 0 Å². The summed E-state index contributed by atoms with van der Waals surface area (Å²) in [5.74, 6) is 0. The summed E-state index contributed by atoms with van der Waals surface area (Å²) in [6, 6.07) is 3.82. The number of hydrogen-bond donors (Lipinski definition) is 1. The molecule has 0 unspecified atom stereocenters. The van der Waals surface area contributed by atoms with Crippen LogP contribution in [0.4, 0.5) is 5.13 Å². The molecule has 3 nitrogen and oxygen atoms in total. The number of rotatable bonds is 2. The number of nitrogens with two attached hydrogens (primary N) is 1. The topological polar surface area (TPSA) is 51.8 Å². The molecule has 0 aliphatic carbocycles. The summed E-state index contributed by atoms with van der Waals surface area (Å²) in [5, 5.41) is 1.12. The van der Waals surface area contributed by atoms with Gasteiger partial charge < -0.3 is 5.73 Å². The first-order valence-electron chi connectivity index (χ1n) is 4.05. The normalized spacial score (nSPS) is 10.4. The van der Waals surface area contributed by atoms with E-state index in [2.05, 4.69) is 9.97 Å². The Morgan fingerprint density at radius 2 is 2.29 bits per heavy atom. The van der Waals surface area contributed by atoms with Crippen LogP contribution in [0.1, 0.15) is 10.4 Å². The monoisotopic (exact) mass is 225 g/mol. The smallest absolute Gasteiger partial charge is 0.180 e. The van der Waals surface area contributed by atoms with Gasteiger partial charge in [0.15, 0.2) is 5.13 Å². The lowest BCUT2D eigenvalue weighted by atomic mass is 10.2. The van der Waals surface area contributed by atoms with E-state index in [0.717, 1.165) is 16.9 Å². The van der Waals surface area contributed by atoms with Gasteiger partial charge in [0.05, 0.1) is 0 Å². The summed E-state index contributed by atoms with van der Waals surface area (Å²) in [4.78, 5) is 9.07. The number of nitrogens with zero attached hydrogens (tertiary/aromatic N) is 2. The molecule has 0 radical (unpaired) electrons. The van der Waals surface area contributed by atoms with E-state index in [9.17, 15) is 0 Å². The quantitative estimate of drug-likeness (QED) is 0.799. The molecule has 2 heterocycles. The van der Waals surface area contributed by atoms with Gasteiger partial charge in [-0.3, -0.25) is 0 Å². The standard InChI is InChI=1S/C9H8ClN3S/c10-8-6(2-1-3-12-8)4-7-5-13-9(11)14-7/h1-3,5H,4H2,(H2,11,13). The fourth-order valence-electron chi connectivity index (χ4n) is 1.14. The molecule has 0 bridgehead atoms. The Labute approximate surface area is 90.6 Å². The lowest BCUT2D eigenvalue weighted by molar-refractivity contribution is 1.16. The first-order chi connectivity index (χ1) is 6.75. The molecule has 0 aromatic carbocycles. The first-order valence-corrected chi connectivity index (χ1v) is 5.25. The van der Waals surface area contributed by atoms with Gasteiger partial charge in [-0.15, -0.1) is 11.3 Å². The van der Waals surface area contributed by atoms with Gasteiger partial charge in [-0.25, -0.2) is 9.97 Å². The Morgan fingerprint density at radius 1 is 1.43 bits per heavy atom. The van der Waals surface area contributed by atoms with Crippen molar-refractivity contribution in [1.82, 2.24) is 9.97 Å². The Balaban J connectivity index is 2.23. The van der Waals surface area contributed by atoms with E-state index in [1.807, 2.05) is 12.1 Å². The van der Waals surface area contributed by atoms with E-state index in [1.54, 1.807) is 12.4 Å². The largest absolute Gasteiger partial charge is 0.375 e. The molecular formula is C9H8ClN3S. The third-order valence-electron chi connectivity index (χ3n) is 1.77. The van der Waals surface area contributed by atoms with Gasteiger partial charge in [-0.2, -0.15) is 0 Å². The molecule has 2 rings (SSSR count). The summed E-state index contributed by atoms with van der Waals surface area (Å²) in [5.41, 5.74) is 6.53. The Morgan fingerprint density at radius 3 is 2.93 bits per heavy atom. The Bertz CT molecular complexity index is 441. The maximum atomic E-state index is 5.92. The maximum absolute atomic E-state index is 5.92. The van der Waals surface area contributed by atoms with Gasteiger partial charge in [0.2, 0.25) is 0 Å². The molecular weight excluding hydrogens is 218 g/mol. The first kappa shape index (κ1) is 9.43. The second kappa shape index (κ2) is 3.94. The molecule has 0 saturated carbocycles. The number of aromatic nitrogens is 2. The van der Waals surface area contributed by atoms with Crippen LogP contribution in [0.3, 0.4) is 0 Å². The summed E-state index contributed by atoms with van der Waals surface area (Å²) in [6.07, 6.45) is 4.18. The molecule has 2 N–H and O–H groups in total. The van der Waals surface area contributed by atoms with Gasteiger partial charge >= 0.3 is 0 Å². The van der Waals surface area contributed by atoms with E-state index in [0.29, 0.717) is 10.3 Å². The lowest BCUT2D eigenvalue weighted by Crippen LogP contribution is -1.87. The van der Waals surface area contributed by atoms with Crippen molar-refractivity contribution in [3.63, 3.8) is 0 Å². The van der Waals surface area contributed by atoms with Crippen molar-refractivity contribution < 1.29 is 0 Å². The highest BCUT2D eigenvalue weighted by Crippen LogP contribution is 2.21. The molecule has 5 heteroatoms. The average Bonchev–Trinajstić information content (AvgIpc) is 2.56. The molecule has 2 aromatic rings. The second-order valence-corrected chi connectivity index (χ2v) is 4.30. The molecule has 0 amide bonds. The molecule has 0 atom stereocenters. The summed E-state index contributed by atoms with van der Waals surface area (Å²) in [7, 11) is 0. The van der Waals surface area contributed by atoms with Gasteiger partial charge in [-0.05, 0) is 11.6 Å². The Hall–Kier alpha value is -1.13. The molecule has 0 saturated heterocycles. The predicted octanol–water partition coefficient (Wildman–Crippen LogP) is 2.36. The van der Waals surface area contributed by atoms with Crippen LogP contribution < -0.4 is 5.73 Å². The van der Waals surface area contributed by atoms with E-state index < -0.39 is 0 Å². The molecule has 14 heavy (non-hydrogen) atoms. The zero-order chi connectivity index (χ0) is 9.97. The van der Waals surface area contributed by atoms with E-state index in [1.165, 1.54) is 11.3 Å². The van der Waals surface area contributed by atoms with Crippen molar-refractivity contribution in [2.45, 2.75) is 6.42 Å². The van der Waals surface area contributed by atoms with Crippen LogP contribution in [0, 0.1) is 0 Å². The zero-order valence-electron chi connectivity index (χ0n) is 7.27. The maximum Gasteiger partial charge on any atom is 0.180 e. The van der Waals surface area contributed by atoms with Gasteiger partial charge in [0, 0.05) is 23.7 Å². The molecule has 0 aliphatic rings. The van der Waals surface area contributed by atoms with Gasteiger partial charge in [0.25, 0.3) is 0 Å². The third kappa shape index (κ3) is 2.02. The fourth-order valence-corrected chi connectivity index (χ4v) is 2.04. The molecule has 0 aliphatic heterocycles. The highest BCUT2D eigenvalue weighted by atomic mass is 35.5. The predicted molar refractivity (Wildman–Crippen MR) is 58.6 cm³/mol. The minimum absolute atomic E-state index is 0.541. The van der Waals surface area contributed by atoms with Crippen LogP contribution in [0.5, 0.6) is 0 Å². The van der Waals surface area contributed by atoms with Crippen molar-refractivity contribution in [3.8, 4) is 0 Å². The van der Waals surface area contributed by atoms with Crippen LogP contribution in [0.15, 0.2) is 24.5 Å². The fraction of sp³-hybridized carbons (Fsp3) is 0.111. The zero-order valence-corrected chi connectivity index (χ0v) is 8.85. The molecule has 0 fully saturated rings. The SMILES string of the molecule is Nc1ncc(Cc2cccnc2Cl)s1. The minimum Gasteiger partial charge on any atom is -0.375 e.